The zero-order chi connectivity index (χ0) is 23.5. The fourth-order valence-corrected chi connectivity index (χ4v) is 5.67. The molecule has 1 aliphatic carbocycles. The summed E-state index contributed by atoms with van der Waals surface area (Å²) >= 11 is 0. The van der Waals surface area contributed by atoms with Gasteiger partial charge in [-0.05, 0) is 68.1 Å². The maximum absolute atomic E-state index is 13.6. The molecule has 2 aromatic carbocycles. The van der Waals surface area contributed by atoms with Crippen molar-refractivity contribution < 1.29 is 22.3 Å². The number of aromatic nitrogens is 1. The van der Waals surface area contributed by atoms with Crippen LogP contribution >= 0.6 is 0 Å². The van der Waals surface area contributed by atoms with E-state index in [-0.39, 0.29) is 21.7 Å². The Morgan fingerprint density at radius 3 is 2.38 bits per heavy atom. The molecule has 1 fully saturated rings. The van der Waals surface area contributed by atoms with Crippen LogP contribution in [0.2, 0.25) is 0 Å². The Bertz CT molecular complexity index is 1380. The molecular formula is C27H25NO5S. The Hall–Kier alpha value is -3.58. The third kappa shape index (κ3) is 4.31. The molecule has 5 rings (SSSR count). The quantitative estimate of drug-likeness (QED) is 0.318. The molecule has 0 N–H and O–H groups in total. The summed E-state index contributed by atoms with van der Waals surface area (Å²) in [7, 11) is -2.26. The molecule has 0 spiro atoms. The summed E-state index contributed by atoms with van der Waals surface area (Å²) in [4.78, 5) is 4.61. The molecule has 0 radical (unpaired) electrons. The van der Waals surface area contributed by atoms with Crippen LogP contribution in [0.1, 0.15) is 25.7 Å². The number of methoxy groups -OCH3 is 1. The van der Waals surface area contributed by atoms with Gasteiger partial charge in [-0.25, -0.2) is 8.42 Å². The van der Waals surface area contributed by atoms with Crippen LogP contribution in [-0.2, 0) is 9.84 Å². The Labute approximate surface area is 199 Å². The van der Waals surface area contributed by atoms with Crippen molar-refractivity contribution >= 4 is 9.84 Å². The SMILES string of the molecule is COc1ccc(-c2oc(-c3ccccn3)cc2S(=O)(=O)c2ccccc2)cc1OC1CCCC1. The van der Waals surface area contributed by atoms with Gasteiger partial charge in [0.2, 0.25) is 9.84 Å². The number of hydrogen-bond donors (Lipinski definition) is 0. The van der Waals surface area contributed by atoms with Gasteiger partial charge in [-0.1, -0.05) is 24.3 Å². The van der Waals surface area contributed by atoms with Crippen molar-refractivity contribution in [3.8, 4) is 34.3 Å². The van der Waals surface area contributed by atoms with E-state index in [1.165, 1.54) is 0 Å². The predicted octanol–water partition coefficient (Wildman–Crippen LogP) is 6.17. The molecule has 2 heterocycles. The van der Waals surface area contributed by atoms with Crippen LogP contribution in [0.5, 0.6) is 11.5 Å². The smallest absolute Gasteiger partial charge is 0.210 e. The van der Waals surface area contributed by atoms with E-state index in [0.29, 0.717) is 28.5 Å². The van der Waals surface area contributed by atoms with Gasteiger partial charge >= 0.3 is 0 Å². The van der Waals surface area contributed by atoms with Crippen molar-refractivity contribution in [2.24, 2.45) is 0 Å². The molecular weight excluding hydrogens is 450 g/mol. The first-order valence-electron chi connectivity index (χ1n) is 11.3. The van der Waals surface area contributed by atoms with Crippen LogP contribution in [0.3, 0.4) is 0 Å². The lowest BCUT2D eigenvalue weighted by Gasteiger charge is -2.16. The van der Waals surface area contributed by atoms with Gasteiger partial charge in [0.15, 0.2) is 23.0 Å². The molecule has 174 valence electrons. The number of rotatable bonds is 7. The highest BCUT2D eigenvalue weighted by molar-refractivity contribution is 7.91. The number of furan rings is 1. The molecule has 0 saturated heterocycles. The third-order valence-electron chi connectivity index (χ3n) is 5.98. The normalized spacial score (nSPS) is 14.3. The molecule has 4 aromatic rings. The van der Waals surface area contributed by atoms with Crippen molar-refractivity contribution in [3.63, 3.8) is 0 Å². The first kappa shape index (κ1) is 22.2. The molecule has 0 atom stereocenters. The molecule has 1 aliphatic rings. The van der Waals surface area contributed by atoms with Gasteiger partial charge < -0.3 is 13.9 Å². The van der Waals surface area contributed by atoms with Gasteiger partial charge in [0.1, 0.15) is 10.6 Å². The average Bonchev–Trinajstić information content (AvgIpc) is 3.56. The van der Waals surface area contributed by atoms with Gasteiger partial charge in [-0.15, -0.1) is 0 Å². The molecule has 2 aromatic heterocycles. The predicted molar refractivity (Wildman–Crippen MR) is 129 cm³/mol. The Morgan fingerprint density at radius 2 is 1.68 bits per heavy atom. The molecule has 0 unspecified atom stereocenters. The highest BCUT2D eigenvalue weighted by atomic mass is 32.2. The van der Waals surface area contributed by atoms with E-state index >= 15 is 0 Å². The molecule has 0 amide bonds. The van der Waals surface area contributed by atoms with Crippen molar-refractivity contribution in [3.05, 3.63) is 79.0 Å². The van der Waals surface area contributed by atoms with E-state index in [1.807, 2.05) is 6.07 Å². The number of benzene rings is 2. The van der Waals surface area contributed by atoms with Crippen LogP contribution in [-0.4, -0.2) is 26.6 Å². The fraction of sp³-hybridized carbons (Fsp3) is 0.222. The van der Waals surface area contributed by atoms with Gasteiger partial charge in [-0.2, -0.15) is 0 Å². The monoisotopic (exact) mass is 475 g/mol. The molecule has 34 heavy (non-hydrogen) atoms. The number of ether oxygens (including phenoxy) is 2. The lowest BCUT2D eigenvalue weighted by molar-refractivity contribution is 0.201. The molecule has 1 saturated carbocycles. The van der Waals surface area contributed by atoms with Gasteiger partial charge in [-0.3, -0.25) is 4.98 Å². The Balaban J connectivity index is 1.65. The second-order valence-electron chi connectivity index (χ2n) is 8.23. The average molecular weight is 476 g/mol. The van der Waals surface area contributed by atoms with Gasteiger partial charge in [0.05, 0.1) is 18.1 Å². The summed E-state index contributed by atoms with van der Waals surface area (Å²) in [6.45, 7) is 0. The number of hydrogen-bond acceptors (Lipinski definition) is 6. The highest BCUT2D eigenvalue weighted by Gasteiger charge is 2.28. The van der Waals surface area contributed by atoms with E-state index < -0.39 is 9.84 Å². The maximum atomic E-state index is 13.6. The highest BCUT2D eigenvalue weighted by Crippen LogP contribution is 2.41. The van der Waals surface area contributed by atoms with Crippen LogP contribution in [0.15, 0.2) is 93.2 Å². The van der Waals surface area contributed by atoms with Gasteiger partial charge in [0.25, 0.3) is 0 Å². The van der Waals surface area contributed by atoms with Crippen LogP contribution in [0, 0.1) is 0 Å². The number of sulfone groups is 1. The largest absolute Gasteiger partial charge is 0.493 e. The van der Waals surface area contributed by atoms with Crippen molar-refractivity contribution in [1.82, 2.24) is 4.98 Å². The summed E-state index contributed by atoms with van der Waals surface area (Å²) in [6, 6.07) is 20.7. The van der Waals surface area contributed by atoms with Crippen LogP contribution < -0.4 is 9.47 Å². The first-order valence-corrected chi connectivity index (χ1v) is 12.7. The van der Waals surface area contributed by atoms with Crippen molar-refractivity contribution in [2.75, 3.05) is 7.11 Å². The van der Waals surface area contributed by atoms with Crippen molar-refractivity contribution in [1.29, 1.82) is 0 Å². The Morgan fingerprint density at radius 1 is 0.912 bits per heavy atom. The van der Waals surface area contributed by atoms with E-state index in [2.05, 4.69) is 4.98 Å². The number of pyridine rings is 1. The summed E-state index contributed by atoms with van der Waals surface area (Å²) in [5, 5.41) is 0. The summed E-state index contributed by atoms with van der Waals surface area (Å²) in [5.74, 6) is 1.79. The molecule has 7 heteroatoms. The zero-order valence-electron chi connectivity index (χ0n) is 18.8. The van der Waals surface area contributed by atoms with E-state index in [0.717, 1.165) is 25.7 Å². The minimum absolute atomic E-state index is 0.0799. The molecule has 0 bridgehead atoms. The maximum Gasteiger partial charge on any atom is 0.210 e. The van der Waals surface area contributed by atoms with E-state index in [9.17, 15) is 8.42 Å². The van der Waals surface area contributed by atoms with Crippen LogP contribution in [0.25, 0.3) is 22.8 Å². The van der Waals surface area contributed by atoms with E-state index in [4.69, 9.17) is 13.9 Å². The fourth-order valence-electron chi connectivity index (χ4n) is 4.23. The van der Waals surface area contributed by atoms with E-state index in [1.54, 1.807) is 80.0 Å². The molecule has 0 aliphatic heterocycles. The standard InChI is InChI=1S/C27H25NO5S/c1-31-23-15-14-19(17-25(23)32-20-9-5-6-10-20)27-26(34(29,30)21-11-3-2-4-12-21)18-24(33-27)22-13-7-8-16-28-22/h2-4,7-8,11-18,20H,5-6,9-10H2,1H3. The topological polar surface area (TPSA) is 78.6 Å². The van der Waals surface area contributed by atoms with Gasteiger partial charge in [0, 0.05) is 17.8 Å². The summed E-state index contributed by atoms with van der Waals surface area (Å²) in [6.07, 6.45) is 6.02. The van der Waals surface area contributed by atoms with Crippen LogP contribution in [0.4, 0.5) is 0 Å². The summed E-state index contributed by atoms with van der Waals surface area (Å²) in [5.41, 5.74) is 1.14. The van der Waals surface area contributed by atoms with Crippen molar-refractivity contribution in [2.45, 2.75) is 41.6 Å². The second-order valence-corrected chi connectivity index (χ2v) is 10.1. The Kier molecular flexibility index (Phi) is 6.11. The first-order chi connectivity index (χ1) is 16.6. The lowest BCUT2D eigenvalue weighted by atomic mass is 10.1. The second kappa shape index (κ2) is 9.35. The molecule has 6 nitrogen and oxygen atoms in total. The summed E-state index contributed by atoms with van der Waals surface area (Å²) < 4.78 is 45.1. The lowest BCUT2D eigenvalue weighted by Crippen LogP contribution is -2.11. The zero-order valence-corrected chi connectivity index (χ0v) is 19.6. The minimum Gasteiger partial charge on any atom is -0.493 e. The third-order valence-corrected chi connectivity index (χ3v) is 7.76. The minimum atomic E-state index is -3.85. The number of nitrogens with zero attached hydrogens (tertiary/aromatic N) is 1.